The van der Waals surface area contributed by atoms with Gasteiger partial charge in [-0.15, -0.1) is 0 Å². The van der Waals surface area contributed by atoms with Crippen molar-refractivity contribution >= 4 is 65.7 Å². The number of esters is 1. The number of nitrogens with zero attached hydrogens (tertiary/aromatic N) is 1. The van der Waals surface area contributed by atoms with Crippen molar-refractivity contribution in [3.63, 3.8) is 0 Å². The van der Waals surface area contributed by atoms with Crippen molar-refractivity contribution in [1.29, 1.82) is 0 Å². The lowest BCUT2D eigenvalue weighted by atomic mass is 10.1. The third kappa shape index (κ3) is 5.34. The molecule has 3 aromatic carbocycles. The van der Waals surface area contributed by atoms with Gasteiger partial charge < -0.3 is 9.47 Å². The third-order valence-electron chi connectivity index (χ3n) is 4.54. The number of carbonyl (C=O) groups is 1. The molecule has 7 heteroatoms. The van der Waals surface area contributed by atoms with Crippen LogP contribution in [0.15, 0.2) is 84.8 Å². The summed E-state index contributed by atoms with van der Waals surface area (Å²) in [7, 11) is 0. The maximum absolute atomic E-state index is 12.3. The van der Waals surface area contributed by atoms with Crippen LogP contribution >= 0.6 is 47.8 Å². The Morgan fingerprint density at radius 3 is 2.26 bits per heavy atom. The molecule has 0 fully saturated rings. The maximum Gasteiger partial charge on any atom is 0.363 e. The summed E-state index contributed by atoms with van der Waals surface area (Å²) in [6.07, 6.45) is 1.69. The van der Waals surface area contributed by atoms with Crippen LogP contribution in [0.25, 0.3) is 6.08 Å². The average molecular weight is 606 g/mol. The Labute approximate surface area is 205 Å². The van der Waals surface area contributed by atoms with E-state index >= 15 is 0 Å². The van der Waals surface area contributed by atoms with Crippen LogP contribution in [0.2, 0.25) is 0 Å². The second kappa shape index (κ2) is 9.51. The predicted molar refractivity (Wildman–Crippen MR) is 132 cm³/mol. The van der Waals surface area contributed by atoms with Gasteiger partial charge in [-0.2, -0.15) is 0 Å². The molecule has 0 N–H and O–H groups in total. The zero-order valence-electron chi connectivity index (χ0n) is 16.4. The summed E-state index contributed by atoms with van der Waals surface area (Å²) in [5.74, 6) is 0.501. The number of aryl methyl sites for hydroxylation is 1. The summed E-state index contributed by atoms with van der Waals surface area (Å²) in [4.78, 5) is 16.6. The van der Waals surface area contributed by atoms with Gasteiger partial charge in [0.05, 0.1) is 8.95 Å². The van der Waals surface area contributed by atoms with Crippen molar-refractivity contribution in [2.24, 2.45) is 4.99 Å². The fraction of sp³-hybridized carbons (Fsp3) is 0.0833. The fourth-order valence-electron chi connectivity index (χ4n) is 2.92. The van der Waals surface area contributed by atoms with Crippen LogP contribution in [0.4, 0.5) is 0 Å². The smallest absolute Gasteiger partial charge is 0.363 e. The van der Waals surface area contributed by atoms with Gasteiger partial charge >= 0.3 is 5.97 Å². The van der Waals surface area contributed by atoms with Gasteiger partial charge in [-0.3, -0.25) is 0 Å². The highest BCUT2D eigenvalue weighted by Gasteiger charge is 2.24. The quantitative estimate of drug-likeness (QED) is 0.228. The lowest BCUT2D eigenvalue weighted by Gasteiger charge is -2.11. The van der Waals surface area contributed by atoms with E-state index in [1.165, 1.54) is 5.56 Å². The highest BCUT2D eigenvalue weighted by atomic mass is 79.9. The van der Waals surface area contributed by atoms with E-state index in [0.717, 1.165) is 30.1 Å². The van der Waals surface area contributed by atoms with E-state index in [2.05, 4.69) is 71.8 Å². The van der Waals surface area contributed by atoms with Crippen LogP contribution < -0.4 is 4.74 Å². The van der Waals surface area contributed by atoms with E-state index in [-0.39, 0.29) is 5.70 Å². The monoisotopic (exact) mass is 603 g/mol. The molecule has 4 rings (SSSR count). The number of rotatable bonds is 5. The number of carbonyl (C=O) groups excluding carboxylic acids is 1. The first-order valence-electron chi connectivity index (χ1n) is 9.35. The molecule has 0 saturated heterocycles. The summed E-state index contributed by atoms with van der Waals surface area (Å²) < 4.78 is 13.8. The molecule has 0 spiro atoms. The zero-order valence-corrected chi connectivity index (χ0v) is 21.1. The Bertz CT molecular complexity index is 1180. The predicted octanol–water partition coefficient (Wildman–Crippen LogP) is 7.21. The molecular formula is C24H16Br3NO3. The number of aliphatic imine (C=N–C) groups is 1. The average Bonchev–Trinajstić information content (AvgIpc) is 3.09. The van der Waals surface area contributed by atoms with Crippen LogP contribution in [0.3, 0.4) is 0 Å². The van der Waals surface area contributed by atoms with E-state index in [1.54, 1.807) is 6.08 Å². The van der Waals surface area contributed by atoms with Gasteiger partial charge in [0.1, 0.15) is 12.4 Å². The lowest BCUT2D eigenvalue weighted by molar-refractivity contribution is -0.129. The Morgan fingerprint density at radius 2 is 1.61 bits per heavy atom. The van der Waals surface area contributed by atoms with Crippen LogP contribution in [0.1, 0.15) is 22.3 Å². The van der Waals surface area contributed by atoms with E-state index in [9.17, 15) is 4.79 Å². The normalized spacial score (nSPS) is 14.5. The Morgan fingerprint density at radius 1 is 0.968 bits per heavy atom. The van der Waals surface area contributed by atoms with Gasteiger partial charge in [-0.1, -0.05) is 45.8 Å². The SMILES string of the molecule is Cc1ccc(COc2c(Br)cc(C=C3N=C(c4ccc(Br)cc4)OC3=O)cc2Br)cc1. The Kier molecular flexibility index (Phi) is 6.74. The van der Waals surface area contributed by atoms with Crippen molar-refractivity contribution in [3.8, 4) is 5.75 Å². The molecule has 0 radical (unpaired) electrons. The fourth-order valence-corrected chi connectivity index (χ4v) is 4.64. The summed E-state index contributed by atoms with van der Waals surface area (Å²) in [5.41, 5.74) is 4.06. The number of hydrogen-bond donors (Lipinski definition) is 0. The zero-order chi connectivity index (χ0) is 22.0. The molecule has 1 aliphatic heterocycles. The van der Waals surface area contributed by atoms with E-state index in [0.29, 0.717) is 18.3 Å². The highest BCUT2D eigenvalue weighted by molar-refractivity contribution is 9.11. The molecule has 0 atom stereocenters. The second-order valence-corrected chi connectivity index (χ2v) is 9.56. The molecule has 3 aromatic rings. The molecule has 0 aliphatic carbocycles. The minimum absolute atomic E-state index is 0.241. The molecule has 0 saturated carbocycles. The van der Waals surface area contributed by atoms with Crippen molar-refractivity contribution in [3.05, 3.63) is 102 Å². The van der Waals surface area contributed by atoms with Crippen LogP contribution in [-0.2, 0) is 16.1 Å². The largest absolute Gasteiger partial charge is 0.487 e. The van der Waals surface area contributed by atoms with Gasteiger partial charge in [-0.25, -0.2) is 9.79 Å². The van der Waals surface area contributed by atoms with E-state index in [4.69, 9.17) is 9.47 Å². The Hall–Kier alpha value is -2.22. The first-order chi connectivity index (χ1) is 14.9. The first-order valence-corrected chi connectivity index (χ1v) is 11.7. The van der Waals surface area contributed by atoms with Crippen LogP contribution in [-0.4, -0.2) is 11.9 Å². The van der Waals surface area contributed by atoms with Gasteiger partial charge in [-0.05, 0) is 92.4 Å². The number of ether oxygens (including phenoxy) is 2. The van der Waals surface area contributed by atoms with Gasteiger partial charge in [0.15, 0.2) is 5.70 Å². The third-order valence-corrected chi connectivity index (χ3v) is 6.25. The van der Waals surface area contributed by atoms with Gasteiger partial charge in [0, 0.05) is 10.0 Å². The molecule has 0 bridgehead atoms. The van der Waals surface area contributed by atoms with Gasteiger partial charge in [0.2, 0.25) is 5.90 Å². The summed E-state index contributed by atoms with van der Waals surface area (Å²) in [6, 6.07) is 19.4. The lowest BCUT2D eigenvalue weighted by Crippen LogP contribution is -2.05. The molecular weight excluding hydrogens is 590 g/mol. The van der Waals surface area contributed by atoms with E-state index in [1.807, 2.05) is 48.5 Å². The molecule has 4 nitrogen and oxygen atoms in total. The van der Waals surface area contributed by atoms with Gasteiger partial charge in [0.25, 0.3) is 0 Å². The molecule has 1 aliphatic rings. The molecule has 1 heterocycles. The van der Waals surface area contributed by atoms with Crippen LogP contribution in [0, 0.1) is 6.92 Å². The summed E-state index contributed by atoms with van der Waals surface area (Å²) in [6.45, 7) is 2.50. The van der Waals surface area contributed by atoms with Crippen molar-refractivity contribution in [1.82, 2.24) is 0 Å². The maximum atomic E-state index is 12.3. The van der Waals surface area contributed by atoms with Crippen LogP contribution in [0.5, 0.6) is 5.75 Å². The number of halogens is 3. The standard InChI is InChI=1S/C24H16Br3NO3/c1-14-2-4-15(5-3-14)13-30-22-19(26)10-16(11-20(22)27)12-21-24(29)31-23(28-21)17-6-8-18(25)9-7-17/h2-12H,13H2,1H3. The summed E-state index contributed by atoms with van der Waals surface area (Å²) >= 11 is 10.5. The van der Waals surface area contributed by atoms with Crippen molar-refractivity contribution < 1.29 is 14.3 Å². The van der Waals surface area contributed by atoms with Crippen molar-refractivity contribution in [2.45, 2.75) is 13.5 Å². The second-order valence-electron chi connectivity index (χ2n) is 6.93. The number of cyclic esters (lactones) is 1. The molecule has 0 amide bonds. The number of hydrogen-bond acceptors (Lipinski definition) is 4. The molecule has 31 heavy (non-hydrogen) atoms. The first kappa shape index (κ1) is 22.0. The number of benzene rings is 3. The molecule has 0 unspecified atom stereocenters. The highest BCUT2D eigenvalue weighted by Crippen LogP contribution is 2.36. The minimum Gasteiger partial charge on any atom is -0.487 e. The van der Waals surface area contributed by atoms with Crippen molar-refractivity contribution in [2.75, 3.05) is 0 Å². The molecule has 0 aromatic heterocycles. The molecule has 156 valence electrons. The topological polar surface area (TPSA) is 47.9 Å². The Balaban J connectivity index is 1.54. The summed E-state index contributed by atoms with van der Waals surface area (Å²) in [5, 5.41) is 0. The minimum atomic E-state index is -0.482. The van der Waals surface area contributed by atoms with E-state index < -0.39 is 5.97 Å².